The first-order valence-corrected chi connectivity index (χ1v) is 9.42. The minimum Gasteiger partial charge on any atom is -0.479 e. The molecule has 0 fully saturated rings. The molecule has 3 N–H and O–H groups in total. The van der Waals surface area contributed by atoms with E-state index >= 15 is 0 Å². The molecule has 7 nitrogen and oxygen atoms in total. The molecule has 30 heavy (non-hydrogen) atoms. The zero-order chi connectivity index (χ0) is 21.5. The van der Waals surface area contributed by atoms with E-state index in [1.165, 1.54) is 13.0 Å². The lowest BCUT2D eigenvalue weighted by Crippen LogP contribution is -2.26. The van der Waals surface area contributed by atoms with Gasteiger partial charge in [-0.25, -0.2) is 4.79 Å². The van der Waals surface area contributed by atoms with E-state index in [0.717, 1.165) is 16.5 Å². The van der Waals surface area contributed by atoms with Crippen molar-refractivity contribution in [1.82, 2.24) is 10.3 Å². The summed E-state index contributed by atoms with van der Waals surface area (Å²) in [7, 11) is 0. The molecule has 0 saturated carbocycles. The number of hydrogen-bond acceptors (Lipinski definition) is 4. The number of aromatic nitrogens is 1. The normalized spacial score (nSPS) is 12.2. The molecule has 1 aromatic heterocycles. The predicted molar refractivity (Wildman–Crippen MR) is 113 cm³/mol. The Bertz CT molecular complexity index is 1120. The summed E-state index contributed by atoms with van der Waals surface area (Å²) in [5, 5.41) is 22.1. The summed E-state index contributed by atoms with van der Waals surface area (Å²) >= 11 is 0. The largest absolute Gasteiger partial charge is 0.479 e. The number of benzene rings is 2. The first kappa shape index (κ1) is 20.7. The van der Waals surface area contributed by atoms with E-state index in [0.29, 0.717) is 24.3 Å². The van der Waals surface area contributed by atoms with Gasteiger partial charge in [-0.3, -0.25) is 4.79 Å². The molecule has 0 unspecified atom stereocenters. The van der Waals surface area contributed by atoms with Gasteiger partial charge in [-0.15, -0.1) is 0 Å². The van der Waals surface area contributed by atoms with Gasteiger partial charge in [0.25, 0.3) is 5.91 Å². The SMILES string of the molecule is C[C@H](Oc1ccc(/C=C(\C#N)C(=O)NCCc2c[nH]c3ccccc23)cc1)C(=O)O. The third kappa shape index (κ3) is 5.06. The van der Waals surface area contributed by atoms with Crippen LogP contribution in [-0.4, -0.2) is 34.6 Å². The van der Waals surface area contributed by atoms with Gasteiger partial charge in [0, 0.05) is 23.6 Å². The molecule has 0 bridgehead atoms. The highest BCUT2D eigenvalue weighted by Crippen LogP contribution is 2.18. The van der Waals surface area contributed by atoms with Crippen LogP contribution in [0.15, 0.2) is 60.3 Å². The van der Waals surface area contributed by atoms with Crippen LogP contribution < -0.4 is 10.1 Å². The molecule has 3 rings (SSSR count). The van der Waals surface area contributed by atoms with Crippen molar-refractivity contribution in [3.63, 3.8) is 0 Å². The van der Waals surface area contributed by atoms with E-state index in [2.05, 4.69) is 10.3 Å². The minimum atomic E-state index is -1.06. The number of ether oxygens (including phenoxy) is 1. The molecule has 7 heteroatoms. The fourth-order valence-corrected chi connectivity index (χ4v) is 2.96. The topological polar surface area (TPSA) is 115 Å². The molecule has 0 radical (unpaired) electrons. The number of aliphatic carboxylic acids is 1. The number of carboxylic acids is 1. The van der Waals surface area contributed by atoms with Gasteiger partial charge >= 0.3 is 5.97 Å². The second kappa shape index (κ2) is 9.43. The van der Waals surface area contributed by atoms with Crippen LogP contribution in [0.5, 0.6) is 5.75 Å². The summed E-state index contributed by atoms with van der Waals surface area (Å²) in [6.07, 6.45) is 3.07. The van der Waals surface area contributed by atoms with Crippen LogP contribution in [0, 0.1) is 11.3 Å². The van der Waals surface area contributed by atoms with Crippen LogP contribution in [-0.2, 0) is 16.0 Å². The van der Waals surface area contributed by atoms with Crippen LogP contribution in [0.4, 0.5) is 0 Å². The first-order chi connectivity index (χ1) is 14.5. The molecule has 1 atom stereocenters. The van der Waals surface area contributed by atoms with E-state index < -0.39 is 18.0 Å². The maximum absolute atomic E-state index is 12.4. The van der Waals surface area contributed by atoms with E-state index in [9.17, 15) is 14.9 Å². The Hall–Kier alpha value is -4.05. The quantitative estimate of drug-likeness (QED) is 0.394. The number of hydrogen-bond donors (Lipinski definition) is 3. The molecule has 1 amide bonds. The fourth-order valence-electron chi connectivity index (χ4n) is 2.96. The Labute approximate surface area is 173 Å². The molecule has 0 aliphatic rings. The van der Waals surface area contributed by atoms with Crippen molar-refractivity contribution in [1.29, 1.82) is 5.26 Å². The van der Waals surface area contributed by atoms with Crippen molar-refractivity contribution in [3.05, 3.63) is 71.4 Å². The number of aromatic amines is 1. The zero-order valence-electron chi connectivity index (χ0n) is 16.4. The molecule has 1 heterocycles. The number of nitrogens with zero attached hydrogens (tertiary/aromatic N) is 1. The van der Waals surface area contributed by atoms with Crippen LogP contribution >= 0.6 is 0 Å². The molecule has 0 aliphatic carbocycles. The maximum Gasteiger partial charge on any atom is 0.344 e. The third-order valence-corrected chi connectivity index (χ3v) is 4.57. The highest BCUT2D eigenvalue weighted by molar-refractivity contribution is 6.01. The number of carbonyl (C=O) groups excluding carboxylic acids is 1. The van der Waals surface area contributed by atoms with Gasteiger partial charge in [0.2, 0.25) is 0 Å². The number of H-pyrrole nitrogens is 1. The third-order valence-electron chi connectivity index (χ3n) is 4.57. The van der Waals surface area contributed by atoms with Crippen LogP contribution in [0.25, 0.3) is 17.0 Å². The van der Waals surface area contributed by atoms with Crippen LogP contribution in [0.3, 0.4) is 0 Å². The van der Waals surface area contributed by atoms with Crippen molar-refractivity contribution < 1.29 is 19.4 Å². The van der Waals surface area contributed by atoms with Crippen molar-refractivity contribution in [2.45, 2.75) is 19.4 Å². The molecular weight excluding hydrogens is 382 g/mol. The van der Waals surface area contributed by atoms with E-state index in [4.69, 9.17) is 9.84 Å². The lowest BCUT2D eigenvalue weighted by molar-refractivity contribution is -0.144. The molecule has 2 aromatic carbocycles. The molecule has 0 spiro atoms. The maximum atomic E-state index is 12.4. The number of para-hydroxylation sites is 1. The average Bonchev–Trinajstić information content (AvgIpc) is 3.16. The van der Waals surface area contributed by atoms with Gasteiger partial charge in [0.15, 0.2) is 6.10 Å². The number of carboxylic acid groups (broad SMARTS) is 1. The minimum absolute atomic E-state index is 0.0125. The van der Waals surface area contributed by atoms with Gasteiger partial charge < -0.3 is 20.1 Å². The number of fused-ring (bicyclic) bond motifs is 1. The number of amides is 1. The molecular formula is C23H21N3O4. The van der Waals surface area contributed by atoms with E-state index in [1.54, 1.807) is 24.3 Å². The Morgan fingerprint density at radius 1 is 1.23 bits per heavy atom. The second-order valence-corrected chi connectivity index (χ2v) is 6.70. The summed E-state index contributed by atoms with van der Waals surface area (Å²) < 4.78 is 5.26. The standard InChI is InChI=1S/C23H21N3O4/c1-15(23(28)29)30-19-8-6-16(7-9-19)12-18(13-24)22(27)25-11-10-17-14-26-21-5-3-2-4-20(17)21/h2-9,12,14-15,26H,10-11H2,1H3,(H,25,27)(H,28,29)/b18-12+/t15-/m0/s1. The lowest BCUT2D eigenvalue weighted by Gasteiger charge is -2.10. The van der Waals surface area contributed by atoms with Crippen molar-refractivity contribution in [3.8, 4) is 11.8 Å². The van der Waals surface area contributed by atoms with Crippen LogP contribution in [0.1, 0.15) is 18.1 Å². The smallest absolute Gasteiger partial charge is 0.344 e. The van der Waals surface area contributed by atoms with Gasteiger partial charge in [-0.1, -0.05) is 30.3 Å². The lowest BCUT2D eigenvalue weighted by atomic mass is 10.1. The van der Waals surface area contributed by atoms with Crippen molar-refractivity contribution >= 4 is 28.9 Å². The molecule has 0 aliphatic heterocycles. The summed E-state index contributed by atoms with van der Waals surface area (Å²) in [5.41, 5.74) is 2.76. The Morgan fingerprint density at radius 3 is 2.67 bits per heavy atom. The monoisotopic (exact) mass is 403 g/mol. The van der Waals surface area contributed by atoms with Gasteiger partial charge in [-0.05, 0) is 48.7 Å². The van der Waals surface area contributed by atoms with E-state index in [1.807, 2.05) is 36.5 Å². The summed E-state index contributed by atoms with van der Waals surface area (Å²) in [5.74, 6) is -1.11. The zero-order valence-corrected chi connectivity index (χ0v) is 16.4. The number of carbonyl (C=O) groups is 2. The van der Waals surface area contributed by atoms with E-state index in [-0.39, 0.29) is 5.57 Å². The predicted octanol–water partition coefficient (Wildman–Crippen LogP) is 3.29. The summed E-state index contributed by atoms with van der Waals surface area (Å²) in [6.45, 7) is 1.84. The second-order valence-electron chi connectivity index (χ2n) is 6.70. The summed E-state index contributed by atoms with van der Waals surface area (Å²) in [6, 6.07) is 16.3. The molecule has 152 valence electrons. The average molecular weight is 403 g/mol. The van der Waals surface area contributed by atoms with Gasteiger partial charge in [0.1, 0.15) is 17.4 Å². The Kier molecular flexibility index (Phi) is 6.50. The molecule has 0 saturated heterocycles. The highest BCUT2D eigenvalue weighted by atomic mass is 16.5. The number of nitriles is 1. The van der Waals surface area contributed by atoms with Crippen molar-refractivity contribution in [2.75, 3.05) is 6.54 Å². The number of rotatable bonds is 8. The van der Waals surface area contributed by atoms with Gasteiger partial charge in [0.05, 0.1) is 0 Å². The highest BCUT2D eigenvalue weighted by Gasteiger charge is 2.13. The Balaban J connectivity index is 1.59. The van der Waals surface area contributed by atoms with Crippen molar-refractivity contribution in [2.24, 2.45) is 0 Å². The molecule has 3 aromatic rings. The van der Waals surface area contributed by atoms with Crippen LogP contribution in [0.2, 0.25) is 0 Å². The first-order valence-electron chi connectivity index (χ1n) is 9.42. The Morgan fingerprint density at radius 2 is 1.97 bits per heavy atom. The number of nitrogens with one attached hydrogen (secondary N) is 2. The fraction of sp³-hybridized carbons (Fsp3) is 0.174. The summed E-state index contributed by atoms with van der Waals surface area (Å²) in [4.78, 5) is 26.4. The van der Waals surface area contributed by atoms with Gasteiger partial charge in [-0.2, -0.15) is 5.26 Å².